The van der Waals surface area contributed by atoms with Gasteiger partial charge in [-0.1, -0.05) is 54.1 Å². The number of anilines is 2. The molecule has 0 fully saturated rings. The molecule has 0 spiro atoms. The van der Waals surface area contributed by atoms with E-state index in [1.807, 2.05) is 26.0 Å². The van der Waals surface area contributed by atoms with Crippen LogP contribution in [0.4, 0.5) is 11.4 Å². The molecule has 0 bridgehead atoms. The van der Waals surface area contributed by atoms with Crippen LogP contribution in [0.15, 0.2) is 91.0 Å². The molecular weight excluding hydrogens is 440 g/mol. The fraction of sp³-hybridized carbons (Fsp3) is 0.0690. The standard InChI is InChI=1S/C29H24N2O4/c1-18-11-13-20(14-12-18)27(32)31-26-16-15-21(17-19(26)2)30-28(33)24-9-5-3-7-22(24)23-8-4-6-10-25(23)29(34)35/h3-17H,1-2H3,(H,30,33)(H,31,32)(H,34,35). The van der Waals surface area contributed by atoms with Gasteiger partial charge in [-0.15, -0.1) is 0 Å². The minimum Gasteiger partial charge on any atom is -0.478 e. The molecule has 4 rings (SSSR count). The van der Waals surface area contributed by atoms with E-state index in [1.165, 1.54) is 6.07 Å². The van der Waals surface area contributed by atoms with Crippen molar-refractivity contribution in [2.75, 3.05) is 10.6 Å². The first-order valence-corrected chi connectivity index (χ1v) is 11.1. The summed E-state index contributed by atoms with van der Waals surface area (Å²) >= 11 is 0. The molecule has 4 aromatic carbocycles. The fourth-order valence-electron chi connectivity index (χ4n) is 3.80. The first-order valence-electron chi connectivity index (χ1n) is 11.1. The number of carbonyl (C=O) groups is 3. The Morgan fingerprint density at radius 2 is 1.26 bits per heavy atom. The summed E-state index contributed by atoms with van der Waals surface area (Å²) in [5.74, 6) is -1.64. The van der Waals surface area contributed by atoms with Gasteiger partial charge >= 0.3 is 5.97 Å². The zero-order valence-electron chi connectivity index (χ0n) is 19.3. The summed E-state index contributed by atoms with van der Waals surface area (Å²) in [4.78, 5) is 37.4. The molecule has 6 heteroatoms. The normalized spacial score (nSPS) is 10.5. The lowest BCUT2D eigenvalue weighted by molar-refractivity contribution is 0.0697. The number of nitrogens with one attached hydrogen (secondary N) is 2. The van der Waals surface area contributed by atoms with Gasteiger partial charge in [-0.2, -0.15) is 0 Å². The van der Waals surface area contributed by atoms with Crippen molar-refractivity contribution >= 4 is 29.2 Å². The number of benzene rings is 4. The van der Waals surface area contributed by atoms with E-state index in [9.17, 15) is 19.5 Å². The average molecular weight is 465 g/mol. The second-order valence-corrected chi connectivity index (χ2v) is 8.20. The van der Waals surface area contributed by atoms with Gasteiger partial charge in [-0.25, -0.2) is 4.79 Å². The minimum absolute atomic E-state index is 0.122. The van der Waals surface area contributed by atoms with Crippen LogP contribution in [-0.4, -0.2) is 22.9 Å². The van der Waals surface area contributed by atoms with Crippen molar-refractivity contribution in [2.45, 2.75) is 13.8 Å². The molecule has 3 N–H and O–H groups in total. The summed E-state index contributed by atoms with van der Waals surface area (Å²) in [5.41, 5.74) is 5.10. The van der Waals surface area contributed by atoms with Crippen molar-refractivity contribution in [3.63, 3.8) is 0 Å². The summed E-state index contributed by atoms with van der Waals surface area (Å²) < 4.78 is 0. The molecule has 0 aliphatic carbocycles. The number of rotatable bonds is 6. The Bertz CT molecular complexity index is 1430. The highest BCUT2D eigenvalue weighted by Gasteiger charge is 2.18. The first kappa shape index (κ1) is 23.4. The van der Waals surface area contributed by atoms with Gasteiger partial charge < -0.3 is 15.7 Å². The van der Waals surface area contributed by atoms with Crippen molar-refractivity contribution in [2.24, 2.45) is 0 Å². The van der Waals surface area contributed by atoms with Crippen LogP contribution in [0.2, 0.25) is 0 Å². The number of aryl methyl sites for hydroxylation is 2. The maximum absolute atomic E-state index is 13.1. The van der Waals surface area contributed by atoms with Gasteiger partial charge in [0.25, 0.3) is 11.8 Å². The van der Waals surface area contributed by atoms with Crippen molar-refractivity contribution < 1.29 is 19.5 Å². The van der Waals surface area contributed by atoms with E-state index in [0.717, 1.165) is 11.1 Å². The number of aromatic carboxylic acids is 1. The second kappa shape index (κ2) is 10.1. The van der Waals surface area contributed by atoms with Gasteiger partial charge in [-0.05, 0) is 73.0 Å². The van der Waals surface area contributed by atoms with Gasteiger partial charge in [0.2, 0.25) is 0 Å². The molecule has 174 valence electrons. The summed E-state index contributed by atoms with van der Waals surface area (Å²) in [6.45, 7) is 3.81. The van der Waals surface area contributed by atoms with Crippen molar-refractivity contribution in [3.05, 3.63) is 119 Å². The number of carboxylic acid groups (broad SMARTS) is 1. The van der Waals surface area contributed by atoms with E-state index in [-0.39, 0.29) is 17.4 Å². The Hall–Kier alpha value is -4.71. The summed E-state index contributed by atoms with van der Waals surface area (Å²) in [6, 6.07) is 26.0. The third kappa shape index (κ3) is 5.28. The van der Waals surface area contributed by atoms with Gasteiger partial charge in [0.15, 0.2) is 0 Å². The Kier molecular flexibility index (Phi) is 6.73. The summed E-state index contributed by atoms with van der Waals surface area (Å²) in [5, 5.41) is 15.3. The minimum atomic E-state index is -1.06. The molecule has 0 aliphatic heterocycles. The zero-order chi connectivity index (χ0) is 24.9. The lowest BCUT2D eigenvalue weighted by atomic mass is 9.95. The number of carboxylic acids is 1. The Balaban J connectivity index is 1.55. The highest BCUT2D eigenvalue weighted by atomic mass is 16.4. The summed E-state index contributed by atoms with van der Waals surface area (Å²) in [6.07, 6.45) is 0. The molecule has 35 heavy (non-hydrogen) atoms. The highest BCUT2D eigenvalue weighted by Crippen LogP contribution is 2.28. The number of amides is 2. The molecule has 0 atom stereocenters. The molecule has 0 radical (unpaired) electrons. The predicted molar refractivity (Wildman–Crippen MR) is 137 cm³/mol. The molecule has 0 saturated heterocycles. The number of hydrogen-bond acceptors (Lipinski definition) is 3. The van der Waals surface area contributed by atoms with E-state index in [4.69, 9.17) is 0 Å². The summed E-state index contributed by atoms with van der Waals surface area (Å²) in [7, 11) is 0. The fourth-order valence-corrected chi connectivity index (χ4v) is 3.80. The van der Waals surface area contributed by atoms with Crippen LogP contribution >= 0.6 is 0 Å². The van der Waals surface area contributed by atoms with Crippen molar-refractivity contribution in [1.29, 1.82) is 0 Å². The maximum Gasteiger partial charge on any atom is 0.336 e. The largest absolute Gasteiger partial charge is 0.478 e. The molecule has 0 saturated carbocycles. The van der Waals surface area contributed by atoms with Crippen LogP contribution in [0, 0.1) is 13.8 Å². The van der Waals surface area contributed by atoms with Gasteiger partial charge in [-0.3, -0.25) is 9.59 Å². The van der Waals surface area contributed by atoms with Crippen LogP contribution in [0.25, 0.3) is 11.1 Å². The van der Waals surface area contributed by atoms with Gasteiger partial charge in [0.05, 0.1) is 5.56 Å². The van der Waals surface area contributed by atoms with Crippen LogP contribution in [0.5, 0.6) is 0 Å². The second-order valence-electron chi connectivity index (χ2n) is 8.20. The average Bonchev–Trinajstić information content (AvgIpc) is 2.86. The molecule has 0 heterocycles. The maximum atomic E-state index is 13.1. The van der Waals surface area contributed by atoms with E-state index in [2.05, 4.69) is 10.6 Å². The monoisotopic (exact) mass is 464 g/mol. The molecule has 0 aliphatic rings. The third-order valence-electron chi connectivity index (χ3n) is 5.67. The van der Waals surface area contributed by atoms with Crippen LogP contribution in [0.1, 0.15) is 42.2 Å². The van der Waals surface area contributed by atoms with Crippen molar-refractivity contribution in [3.8, 4) is 11.1 Å². The Morgan fingerprint density at radius 1 is 0.657 bits per heavy atom. The SMILES string of the molecule is Cc1ccc(C(=O)Nc2ccc(NC(=O)c3ccccc3-c3ccccc3C(=O)O)cc2C)cc1. The smallest absolute Gasteiger partial charge is 0.336 e. The lowest BCUT2D eigenvalue weighted by Crippen LogP contribution is -2.15. The molecule has 0 unspecified atom stereocenters. The Labute approximate surface area is 203 Å². The molecule has 2 amide bonds. The van der Waals surface area contributed by atoms with E-state index in [1.54, 1.807) is 72.8 Å². The van der Waals surface area contributed by atoms with E-state index >= 15 is 0 Å². The predicted octanol–water partition coefficient (Wildman–Crippen LogP) is 6.17. The van der Waals surface area contributed by atoms with Gasteiger partial charge in [0, 0.05) is 22.5 Å². The Morgan fingerprint density at radius 3 is 1.89 bits per heavy atom. The first-order chi connectivity index (χ1) is 16.8. The molecule has 6 nitrogen and oxygen atoms in total. The van der Waals surface area contributed by atoms with E-state index < -0.39 is 5.97 Å². The van der Waals surface area contributed by atoms with Crippen molar-refractivity contribution in [1.82, 2.24) is 0 Å². The molecule has 4 aromatic rings. The van der Waals surface area contributed by atoms with Crippen LogP contribution in [-0.2, 0) is 0 Å². The molecular formula is C29H24N2O4. The van der Waals surface area contributed by atoms with Crippen LogP contribution < -0.4 is 10.6 Å². The highest BCUT2D eigenvalue weighted by molar-refractivity contribution is 6.10. The van der Waals surface area contributed by atoms with Gasteiger partial charge in [0.1, 0.15) is 0 Å². The third-order valence-corrected chi connectivity index (χ3v) is 5.67. The number of carbonyl (C=O) groups excluding carboxylic acids is 2. The van der Waals surface area contributed by atoms with Crippen LogP contribution in [0.3, 0.4) is 0 Å². The quantitative estimate of drug-likeness (QED) is 0.318. The van der Waals surface area contributed by atoms with E-state index in [0.29, 0.717) is 33.6 Å². The topological polar surface area (TPSA) is 95.5 Å². The zero-order valence-corrected chi connectivity index (χ0v) is 19.3. The lowest BCUT2D eigenvalue weighted by Gasteiger charge is -2.14. The number of hydrogen-bond donors (Lipinski definition) is 3. The molecule has 0 aromatic heterocycles.